The molecule has 0 unspecified atom stereocenters. The Balaban J connectivity index is 2.23. The van der Waals surface area contributed by atoms with Crippen LogP contribution in [0.1, 0.15) is 44.4 Å². The van der Waals surface area contributed by atoms with E-state index >= 15 is 0 Å². The fourth-order valence-electron chi connectivity index (χ4n) is 2.93. The molecule has 168 valence electrons. The predicted octanol–water partition coefficient (Wildman–Crippen LogP) is 3.63. The Morgan fingerprint density at radius 1 is 1.16 bits per heavy atom. The van der Waals surface area contributed by atoms with Gasteiger partial charge in [0.2, 0.25) is 0 Å². The highest BCUT2D eigenvalue weighted by Gasteiger charge is 2.32. The summed E-state index contributed by atoms with van der Waals surface area (Å²) < 4.78 is 44.1. The average Bonchev–Trinajstić information content (AvgIpc) is 2.68. The van der Waals surface area contributed by atoms with E-state index in [1.165, 1.54) is 0 Å². The number of ether oxygens (including phenoxy) is 1. The van der Waals surface area contributed by atoms with Crippen molar-refractivity contribution < 1.29 is 27.5 Å². The van der Waals surface area contributed by atoms with Crippen LogP contribution in [-0.2, 0) is 15.8 Å². The highest BCUT2D eigenvalue weighted by Crippen LogP contribution is 2.30. The summed E-state index contributed by atoms with van der Waals surface area (Å²) in [5, 5.41) is 4.53. The minimum Gasteiger partial charge on any atom is -0.494 e. The van der Waals surface area contributed by atoms with Gasteiger partial charge in [-0.15, -0.1) is 0 Å². The van der Waals surface area contributed by atoms with Gasteiger partial charge in [0.1, 0.15) is 11.4 Å². The molecule has 0 bridgehead atoms. The lowest BCUT2D eigenvalue weighted by molar-refractivity contribution is -0.137. The van der Waals surface area contributed by atoms with Crippen LogP contribution in [-0.4, -0.2) is 23.4 Å². The third kappa shape index (κ3) is 6.59. The maximum Gasteiger partial charge on any atom is 0.417 e. The zero-order chi connectivity index (χ0) is 23.2. The number of aromatic amines is 1. The lowest BCUT2D eigenvalue weighted by atomic mass is 9.96. The lowest BCUT2D eigenvalue weighted by Crippen LogP contribution is -2.39. The number of benzene rings is 1. The number of rotatable bonds is 7. The number of carbonyl (C=O) groups excluding carboxylic acids is 2. The zero-order valence-corrected chi connectivity index (χ0v) is 17.3. The molecule has 1 aromatic heterocycles. The van der Waals surface area contributed by atoms with Gasteiger partial charge in [-0.05, 0) is 31.4 Å². The normalized spacial score (nSPS) is 12.4. The second kappa shape index (κ2) is 10.1. The molecule has 2 amide bonds. The van der Waals surface area contributed by atoms with E-state index in [1.807, 2.05) is 31.1 Å². The van der Waals surface area contributed by atoms with Crippen molar-refractivity contribution in [3.63, 3.8) is 0 Å². The Labute approximate surface area is 177 Å². The van der Waals surface area contributed by atoms with Gasteiger partial charge in [0.25, 0.3) is 5.56 Å². The number of pyridine rings is 1. The van der Waals surface area contributed by atoms with Crippen LogP contribution in [0, 0.1) is 5.92 Å². The van der Waals surface area contributed by atoms with Gasteiger partial charge in [-0.1, -0.05) is 32.0 Å². The van der Waals surface area contributed by atoms with Gasteiger partial charge in [0.15, 0.2) is 0 Å². The standard InChI is InChI=1S/C21H24F3N3O4/c1-4-31-17-8-6-5-7-14(17)15(9-12(2)3)26-19(29)20(30)27-16-10-13(21(22,23)24)11-25-18(16)28/h5-8,10-12,15H,4,9H2,1-3H3,(H,25,28)(H,26,29)(H,27,30)/t15-/m0/s1. The molecule has 0 aliphatic rings. The molecule has 7 nitrogen and oxygen atoms in total. The first-order valence-corrected chi connectivity index (χ1v) is 9.66. The zero-order valence-electron chi connectivity index (χ0n) is 17.3. The van der Waals surface area contributed by atoms with Crippen LogP contribution in [0.3, 0.4) is 0 Å². The summed E-state index contributed by atoms with van der Waals surface area (Å²) >= 11 is 0. The molecule has 2 rings (SSSR count). The molecule has 31 heavy (non-hydrogen) atoms. The van der Waals surface area contributed by atoms with Crippen molar-refractivity contribution >= 4 is 17.5 Å². The third-order valence-corrected chi connectivity index (χ3v) is 4.29. The SMILES string of the molecule is CCOc1ccccc1[C@H](CC(C)C)NC(=O)C(=O)Nc1cc(C(F)(F)F)c[nH]c1=O. The van der Waals surface area contributed by atoms with E-state index in [0.29, 0.717) is 36.6 Å². The van der Waals surface area contributed by atoms with E-state index in [1.54, 1.807) is 24.3 Å². The number of aromatic nitrogens is 1. The van der Waals surface area contributed by atoms with Crippen LogP contribution in [0.2, 0.25) is 0 Å². The van der Waals surface area contributed by atoms with Crippen LogP contribution >= 0.6 is 0 Å². The number of hydrogen-bond acceptors (Lipinski definition) is 4. The molecule has 3 N–H and O–H groups in total. The highest BCUT2D eigenvalue weighted by molar-refractivity contribution is 6.39. The number of anilines is 1. The molecule has 10 heteroatoms. The molecule has 1 heterocycles. The van der Waals surface area contributed by atoms with Gasteiger partial charge in [0, 0.05) is 11.8 Å². The van der Waals surface area contributed by atoms with E-state index in [0.717, 1.165) is 0 Å². The molecule has 1 aromatic carbocycles. The minimum atomic E-state index is -4.72. The summed E-state index contributed by atoms with van der Waals surface area (Å²) in [7, 11) is 0. The number of carbonyl (C=O) groups is 2. The Kier molecular flexibility index (Phi) is 7.84. The van der Waals surface area contributed by atoms with Gasteiger partial charge in [-0.2, -0.15) is 13.2 Å². The van der Waals surface area contributed by atoms with Crippen molar-refractivity contribution in [2.75, 3.05) is 11.9 Å². The second-order valence-electron chi connectivity index (χ2n) is 7.21. The molecule has 0 spiro atoms. The molecular weight excluding hydrogens is 415 g/mol. The Hall–Kier alpha value is -3.30. The smallest absolute Gasteiger partial charge is 0.417 e. The average molecular weight is 439 g/mol. The summed E-state index contributed by atoms with van der Waals surface area (Å²) in [5.41, 5.74) is -2.14. The first-order chi connectivity index (χ1) is 14.5. The lowest BCUT2D eigenvalue weighted by Gasteiger charge is -2.23. The maximum absolute atomic E-state index is 12.9. The Morgan fingerprint density at radius 2 is 1.84 bits per heavy atom. The molecule has 0 radical (unpaired) electrons. The molecule has 0 aliphatic carbocycles. The van der Waals surface area contributed by atoms with Crippen molar-refractivity contribution in [2.24, 2.45) is 5.92 Å². The fourth-order valence-corrected chi connectivity index (χ4v) is 2.93. The predicted molar refractivity (Wildman–Crippen MR) is 109 cm³/mol. The maximum atomic E-state index is 12.9. The Morgan fingerprint density at radius 3 is 2.45 bits per heavy atom. The van der Waals surface area contributed by atoms with Crippen molar-refractivity contribution in [1.82, 2.24) is 10.3 Å². The van der Waals surface area contributed by atoms with Gasteiger partial charge < -0.3 is 20.4 Å². The van der Waals surface area contributed by atoms with Crippen LogP contribution in [0.4, 0.5) is 18.9 Å². The first-order valence-electron chi connectivity index (χ1n) is 9.66. The molecular formula is C21H24F3N3O4. The highest BCUT2D eigenvalue weighted by atomic mass is 19.4. The van der Waals surface area contributed by atoms with E-state index in [4.69, 9.17) is 4.74 Å². The van der Waals surface area contributed by atoms with Gasteiger partial charge in [-0.3, -0.25) is 14.4 Å². The number of halogens is 3. The van der Waals surface area contributed by atoms with Crippen LogP contribution in [0.15, 0.2) is 41.3 Å². The number of amides is 2. The van der Waals surface area contributed by atoms with E-state index in [2.05, 4.69) is 5.32 Å². The first kappa shape index (κ1) is 24.0. The van der Waals surface area contributed by atoms with Gasteiger partial charge >= 0.3 is 18.0 Å². The summed E-state index contributed by atoms with van der Waals surface area (Å²) in [6, 6.07) is 6.92. The van der Waals surface area contributed by atoms with Crippen molar-refractivity contribution in [3.05, 3.63) is 58.0 Å². The van der Waals surface area contributed by atoms with Crippen molar-refractivity contribution in [3.8, 4) is 5.75 Å². The van der Waals surface area contributed by atoms with Gasteiger partial charge in [-0.25, -0.2) is 0 Å². The molecule has 0 aliphatic heterocycles. The quantitative estimate of drug-likeness (QED) is 0.574. The van der Waals surface area contributed by atoms with E-state index in [9.17, 15) is 27.6 Å². The summed E-state index contributed by atoms with van der Waals surface area (Å²) in [5.74, 6) is -1.65. The summed E-state index contributed by atoms with van der Waals surface area (Å²) in [6.45, 7) is 6.08. The number of para-hydroxylation sites is 1. The second-order valence-corrected chi connectivity index (χ2v) is 7.21. The molecule has 1 atom stereocenters. The molecule has 0 saturated carbocycles. The van der Waals surface area contributed by atoms with Crippen LogP contribution in [0.5, 0.6) is 5.75 Å². The van der Waals surface area contributed by atoms with E-state index in [-0.39, 0.29) is 5.92 Å². The molecule has 2 aromatic rings. The van der Waals surface area contributed by atoms with Crippen LogP contribution in [0.25, 0.3) is 0 Å². The summed E-state index contributed by atoms with van der Waals surface area (Å²) in [4.78, 5) is 38.4. The van der Waals surface area contributed by atoms with Crippen molar-refractivity contribution in [1.29, 1.82) is 0 Å². The topological polar surface area (TPSA) is 100 Å². The van der Waals surface area contributed by atoms with Crippen LogP contribution < -0.4 is 20.9 Å². The number of H-pyrrole nitrogens is 1. The monoisotopic (exact) mass is 439 g/mol. The third-order valence-electron chi connectivity index (χ3n) is 4.29. The fraction of sp³-hybridized carbons (Fsp3) is 0.381. The molecule has 0 saturated heterocycles. The number of hydrogen-bond donors (Lipinski definition) is 3. The minimum absolute atomic E-state index is 0.148. The Bertz CT molecular complexity index is 986. The number of alkyl halides is 3. The largest absolute Gasteiger partial charge is 0.494 e. The number of nitrogens with one attached hydrogen (secondary N) is 3. The van der Waals surface area contributed by atoms with Gasteiger partial charge in [0.05, 0.1) is 18.2 Å². The summed E-state index contributed by atoms with van der Waals surface area (Å²) in [6.07, 6.45) is -3.76. The molecule has 0 fully saturated rings. The van der Waals surface area contributed by atoms with E-state index < -0.39 is 40.8 Å². The van der Waals surface area contributed by atoms with Crippen molar-refractivity contribution in [2.45, 2.75) is 39.4 Å².